The number of hydrogen-bond acceptors (Lipinski definition) is 5. The maximum Gasteiger partial charge on any atom is 0.269 e. The first-order chi connectivity index (χ1) is 9.63. The van der Waals surface area contributed by atoms with Crippen LogP contribution in [0.15, 0.2) is 28.9 Å². The third-order valence-corrected chi connectivity index (χ3v) is 3.07. The van der Waals surface area contributed by atoms with Crippen molar-refractivity contribution in [3.05, 3.63) is 45.3 Å². The van der Waals surface area contributed by atoms with Gasteiger partial charge >= 0.3 is 0 Å². The summed E-state index contributed by atoms with van der Waals surface area (Å²) >= 11 is 0. The van der Waals surface area contributed by atoms with Crippen LogP contribution in [0.4, 0.5) is 5.69 Å². The number of unbranched alkanes of at least 4 members (excludes halogenated alkanes) is 2. The summed E-state index contributed by atoms with van der Waals surface area (Å²) in [6.45, 7) is 2.08. The van der Waals surface area contributed by atoms with Crippen molar-refractivity contribution < 1.29 is 14.5 Å². The predicted molar refractivity (Wildman–Crippen MR) is 70.8 cm³/mol. The molecule has 2 aromatic rings. The smallest absolute Gasteiger partial charge is 0.269 e. The fourth-order valence-corrected chi connectivity index (χ4v) is 1.98. The minimum absolute atomic E-state index is 0.000206. The topological polar surface area (TPSA) is 96.1 Å². The summed E-state index contributed by atoms with van der Waals surface area (Å²) in [5.41, 5.74) is 1.55. The van der Waals surface area contributed by atoms with Crippen LogP contribution in [-0.4, -0.2) is 10.1 Å². The SMILES string of the molecule is CCCCCc1c(-c2ccc([N+](=O)[O-])cc2)no[n+]1[O-]. The molecule has 0 atom stereocenters. The van der Waals surface area contributed by atoms with Crippen LogP contribution < -0.4 is 4.90 Å². The minimum atomic E-state index is -0.470. The molecule has 0 spiro atoms. The highest BCUT2D eigenvalue weighted by Crippen LogP contribution is 2.23. The lowest BCUT2D eigenvalue weighted by atomic mass is 10.1. The maximum atomic E-state index is 11.6. The normalized spacial score (nSPS) is 10.7. The summed E-state index contributed by atoms with van der Waals surface area (Å²) < 4.78 is 4.64. The monoisotopic (exact) mass is 277 g/mol. The van der Waals surface area contributed by atoms with E-state index in [0.717, 1.165) is 19.3 Å². The van der Waals surface area contributed by atoms with Gasteiger partial charge in [-0.2, -0.15) is 0 Å². The van der Waals surface area contributed by atoms with E-state index in [2.05, 4.69) is 16.7 Å². The molecule has 0 radical (unpaired) electrons. The van der Waals surface area contributed by atoms with E-state index in [1.165, 1.54) is 12.1 Å². The number of nitrogens with zero attached hydrogens (tertiary/aromatic N) is 3. The average Bonchev–Trinajstić information content (AvgIpc) is 2.81. The highest BCUT2D eigenvalue weighted by Gasteiger charge is 2.21. The molecule has 0 fully saturated rings. The molecule has 2 rings (SSSR count). The van der Waals surface area contributed by atoms with Crippen molar-refractivity contribution in [2.75, 3.05) is 0 Å². The van der Waals surface area contributed by atoms with E-state index in [-0.39, 0.29) is 5.69 Å². The molecule has 0 aliphatic rings. The average molecular weight is 277 g/mol. The van der Waals surface area contributed by atoms with Gasteiger partial charge in [0, 0.05) is 29.3 Å². The van der Waals surface area contributed by atoms with Crippen molar-refractivity contribution in [2.24, 2.45) is 0 Å². The quantitative estimate of drug-likeness (QED) is 0.350. The van der Waals surface area contributed by atoms with Gasteiger partial charge in [-0.05, 0) is 23.5 Å². The van der Waals surface area contributed by atoms with Gasteiger partial charge in [-0.3, -0.25) is 14.7 Å². The fraction of sp³-hybridized carbons (Fsp3) is 0.385. The standard InChI is InChI=1S/C13H15N3O4/c1-2-3-4-5-12-13(14-20-16(12)19)10-6-8-11(9-7-10)15(17)18/h6-9H,2-5H2,1H3. The Labute approximate surface area is 115 Å². The molecule has 1 heterocycles. The van der Waals surface area contributed by atoms with Crippen molar-refractivity contribution in [1.29, 1.82) is 0 Å². The van der Waals surface area contributed by atoms with Crippen LogP contribution in [-0.2, 0) is 6.42 Å². The molecule has 0 aliphatic heterocycles. The second kappa shape index (κ2) is 6.14. The number of aromatic nitrogens is 2. The Morgan fingerprint density at radius 3 is 2.60 bits per heavy atom. The first-order valence-corrected chi connectivity index (χ1v) is 6.47. The third-order valence-electron chi connectivity index (χ3n) is 3.07. The van der Waals surface area contributed by atoms with Gasteiger partial charge in [-0.15, -0.1) is 0 Å². The number of rotatable bonds is 6. The molecular formula is C13H15N3O4. The minimum Gasteiger partial charge on any atom is -0.359 e. The number of nitro benzene ring substituents is 1. The third kappa shape index (κ3) is 2.93. The molecule has 0 unspecified atom stereocenters. The van der Waals surface area contributed by atoms with Gasteiger partial charge in [0.05, 0.1) is 4.92 Å². The second-order valence-corrected chi connectivity index (χ2v) is 4.49. The van der Waals surface area contributed by atoms with Crippen LogP contribution in [0, 0.1) is 15.3 Å². The molecule has 0 bridgehead atoms. The summed E-state index contributed by atoms with van der Waals surface area (Å²) in [7, 11) is 0. The Kier molecular flexibility index (Phi) is 4.29. The van der Waals surface area contributed by atoms with Crippen molar-refractivity contribution in [3.8, 4) is 11.3 Å². The van der Waals surface area contributed by atoms with Gasteiger partial charge in [0.25, 0.3) is 11.4 Å². The molecule has 0 N–H and O–H groups in total. The van der Waals surface area contributed by atoms with Gasteiger partial charge in [0.2, 0.25) is 5.69 Å². The summed E-state index contributed by atoms with van der Waals surface area (Å²) in [4.78, 5) is 10.6. The molecule has 0 saturated heterocycles. The Hall–Kier alpha value is -2.44. The molecule has 20 heavy (non-hydrogen) atoms. The summed E-state index contributed by atoms with van der Waals surface area (Å²) in [5, 5.41) is 25.9. The zero-order valence-corrected chi connectivity index (χ0v) is 11.1. The first kappa shape index (κ1) is 14.0. The zero-order valence-electron chi connectivity index (χ0n) is 11.1. The number of nitro groups is 1. The number of benzene rings is 1. The van der Waals surface area contributed by atoms with Gasteiger partial charge in [-0.1, -0.05) is 19.8 Å². The van der Waals surface area contributed by atoms with E-state index in [4.69, 9.17) is 0 Å². The van der Waals surface area contributed by atoms with Gasteiger partial charge in [0.15, 0.2) is 0 Å². The lowest BCUT2D eigenvalue weighted by Crippen LogP contribution is -2.28. The zero-order chi connectivity index (χ0) is 14.5. The van der Waals surface area contributed by atoms with E-state index in [1.807, 2.05) is 0 Å². The summed E-state index contributed by atoms with van der Waals surface area (Å²) in [5.74, 6) is 0. The molecule has 106 valence electrons. The van der Waals surface area contributed by atoms with E-state index in [0.29, 0.717) is 28.3 Å². The molecular weight excluding hydrogens is 262 g/mol. The van der Waals surface area contributed by atoms with Crippen LogP contribution in [0.5, 0.6) is 0 Å². The Bertz CT molecular complexity index is 592. The van der Waals surface area contributed by atoms with E-state index in [1.54, 1.807) is 12.1 Å². The van der Waals surface area contributed by atoms with Crippen molar-refractivity contribution in [1.82, 2.24) is 5.16 Å². The van der Waals surface area contributed by atoms with E-state index >= 15 is 0 Å². The Morgan fingerprint density at radius 2 is 2.00 bits per heavy atom. The van der Waals surface area contributed by atoms with Crippen LogP contribution in [0.25, 0.3) is 11.3 Å². The van der Waals surface area contributed by atoms with Crippen molar-refractivity contribution in [3.63, 3.8) is 0 Å². The van der Waals surface area contributed by atoms with Gasteiger partial charge in [0.1, 0.15) is 0 Å². The molecule has 0 aliphatic carbocycles. The number of hydrogen-bond donors (Lipinski definition) is 0. The lowest BCUT2D eigenvalue weighted by molar-refractivity contribution is -0.807. The lowest BCUT2D eigenvalue weighted by Gasteiger charge is -1.98. The van der Waals surface area contributed by atoms with Crippen LogP contribution in [0.3, 0.4) is 0 Å². The summed E-state index contributed by atoms with van der Waals surface area (Å²) in [6.07, 6.45) is 3.52. The molecule has 0 amide bonds. The number of non-ortho nitro benzene ring substituents is 1. The van der Waals surface area contributed by atoms with Gasteiger partial charge < -0.3 is 5.21 Å². The molecule has 7 heteroatoms. The highest BCUT2D eigenvalue weighted by molar-refractivity contribution is 5.61. The van der Waals surface area contributed by atoms with Gasteiger partial charge in [-0.25, -0.2) is 0 Å². The molecule has 1 aromatic carbocycles. The largest absolute Gasteiger partial charge is 0.359 e. The van der Waals surface area contributed by atoms with Crippen molar-refractivity contribution >= 4 is 5.69 Å². The first-order valence-electron chi connectivity index (χ1n) is 6.47. The molecule has 0 saturated carbocycles. The molecule has 7 nitrogen and oxygen atoms in total. The van der Waals surface area contributed by atoms with Crippen LogP contribution in [0.2, 0.25) is 0 Å². The highest BCUT2D eigenvalue weighted by atomic mass is 16.8. The Balaban J connectivity index is 2.25. The summed E-state index contributed by atoms with van der Waals surface area (Å²) in [6, 6.07) is 5.91. The maximum absolute atomic E-state index is 11.6. The van der Waals surface area contributed by atoms with Crippen molar-refractivity contribution in [2.45, 2.75) is 32.6 Å². The predicted octanol–water partition coefficient (Wildman–Crippen LogP) is 2.62. The Morgan fingerprint density at radius 1 is 1.30 bits per heavy atom. The van der Waals surface area contributed by atoms with Crippen LogP contribution >= 0.6 is 0 Å². The fourth-order valence-electron chi connectivity index (χ4n) is 1.98. The van der Waals surface area contributed by atoms with E-state index in [9.17, 15) is 15.3 Å². The second-order valence-electron chi connectivity index (χ2n) is 4.49. The molecule has 1 aromatic heterocycles. The van der Waals surface area contributed by atoms with E-state index < -0.39 is 4.92 Å². The van der Waals surface area contributed by atoms with Crippen LogP contribution in [0.1, 0.15) is 31.9 Å².